The molecule has 1 aliphatic heterocycles. The van der Waals surface area contributed by atoms with Gasteiger partial charge < -0.3 is 9.64 Å². The van der Waals surface area contributed by atoms with Gasteiger partial charge in [0.25, 0.3) is 5.91 Å². The van der Waals surface area contributed by atoms with E-state index < -0.39 is 0 Å². The maximum absolute atomic E-state index is 12.7. The molecule has 1 fully saturated rings. The van der Waals surface area contributed by atoms with Crippen LogP contribution >= 0.6 is 0 Å². The molecule has 5 nitrogen and oxygen atoms in total. The van der Waals surface area contributed by atoms with Crippen LogP contribution in [-0.4, -0.2) is 49.0 Å². The summed E-state index contributed by atoms with van der Waals surface area (Å²) in [7, 11) is 1.61. The standard InChI is InChI=1S/C21H23N3O2/c1-16-3-5-17(6-4-16)20(15-22)23-11-13-24(14-12-23)21(25)18-7-9-19(26-2)10-8-18/h3-10,20H,11-14H2,1-2H3. The average Bonchev–Trinajstić information content (AvgIpc) is 2.70. The molecular weight excluding hydrogens is 326 g/mol. The third kappa shape index (κ3) is 3.87. The van der Waals surface area contributed by atoms with Gasteiger partial charge in [0, 0.05) is 31.7 Å². The molecule has 0 spiro atoms. The third-order valence-electron chi connectivity index (χ3n) is 4.82. The van der Waals surface area contributed by atoms with E-state index in [1.165, 1.54) is 5.56 Å². The molecule has 1 saturated heterocycles. The van der Waals surface area contributed by atoms with Crippen molar-refractivity contribution in [2.24, 2.45) is 0 Å². The molecule has 0 N–H and O–H groups in total. The van der Waals surface area contributed by atoms with Crippen molar-refractivity contribution in [3.63, 3.8) is 0 Å². The average molecular weight is 349 g/mol. The number of carbonyl (C=O) groups is 1. The molecule has 1 heterocycles. The Hall–Kier alpha value is -2.84. The summed E-state index contributed by atoms with van der Waals surface area (Å²) in [4.78, 5) is 16.6. The zero-order valence-electron chi connectivity index (χ0n) is 15.2. The van der Waals surface area contributed by atoms with Gasteiger partial charge in [0.15, 0.2) is 0 Å². The number of rotatable bonds is 4. The second-order valence-electron chi connectivity index (χ2n) is 6.50. The number of carbonyl (C=O) groups excluding carboxylic acids is 1. The maximum atomic E-state index is 12.7. The molecule has 0 aromatic heterocycles. The molecule has 0 bridgehead atoms. The number of piperazine rings is 1. The number of nitrogens with zero attached hydrogens (tertiary/aromatic N) is 3. The quantitative estimate of drug-likeness (QED) is 0.851. The molecule has 1 amide bonds. The van der Waals surface area contributed by atoms with Crippen LogP contribution in [-0.2, 0) is 0 Å². The SMILES string of the molecule is COc1ccc(C(=O)N2CCN(C(C#N)c3ccc(C)cc3)CC2)cc1. The van der Waals surface area contributed by atoms with E-state index in [1.807, 2.05) is 36.1 Å². The van der Waals surface area contributed by atoms with Crippen molar-refractivity contribution in [3.05, 3.63) is 65.2 Å². The summed E-state index contributed by atoms with van der Waals surface area (Å²) in [5.74, 6) is 0.762. The van der Waals surface area contributed by atoms with Crippen LogP contribution in [0.1, 0.15) is 27.5 Å². The Kier molecular flexibility index (Phi) is 5.55. The number of ether oxygens (including phenoxy) is 1. The van der Waals surface area contributed by atoms with Crippen LogP contribution in [0.25, 0.3) is 0 Å². The van der Waals surface area contributed by atoms with Crippen molar-refractivity contribution in [2.75, 3.05) is 33.3 Å². The van der Waals surface area contributed by atoms with Crippen LogP contribution in [0.15, 0.2) is 48.5 Å². The molecule has 1 unspecified atom stereocenters. The highest BCUT2D eigenvalue weighted by Gasteiger charge is 2.27. The summed E-state index contributed by atoms with van der Waals surface area (Å²) in [6, 6.07) is 17.4. The Bertz CT molecular complexity index is 786. The zero-order chi connectivity index (χ0) is 18.5. The van der Waals surface area contributed by atoms with E-state index in [2.05, 4.69) is 11.0 Å². The Labute approximate surface area is 154 Å². The van der Waals surface area contributed by atoms with Crippen LogP contribution in [0.5, 0.6) is 5.75 Å². The van der Waals surface area contributed by atoms with Gasteiger partial charge in [-0.3, -0.25) is 9.69 Å². The minimum absolute atomic E-state index is 0.0242. The lowest BCUT2D eigenvalue weighted by Gasteiger charge is -2.37. The van der Waals surface area contributed by atoms with Crippen molar-refractivity contribution >= 4 is 5.91 Å². The molecule has 0 saturated carbocycles. The Balaban J connectivity index is 1.63. The van der Waals surface area contributed by atoms with Gasteiger partial charge in [-0.05, 0) is 36.8 Å². The van der Waals surface area contributed by atoms with Crippen molar-refractivity contribution in [1.29, 1.82) is 5.26 Å². The van der Waals surface area contributed by atoms with E-state index in [1.54, 1.807) is 31.4 Å². The summed E-state index contributed by atoms with van der Waals surface area (Å²) >= 11 is 0. The summed E-state index contributed by atoms with van der Waals surface area (Å²) < 4.78 is 5.13. The van der Waals surface area contributed by atoms with E-state index >= 15 is 0 Å². The summed E-state index contributed by atoms with van der Waals surface area (Å²) in [6.45, 7) is 4.65. The Morgan fingerprint density at radius 3 is 2.19 bits per heavy atom. The number of hydrogen-bond acceptors (Lipinski definition) is 4. The minimum atomic E-state index is -0.270. The molecular formula is C21H23N3O2. The first kappa shape index (κ1) is 18.0. The molecule has 1 atom stereocenters. The first-order valence-electron chi connectivity index (χ1n) is 8.76. The van der Waals surface area contributed by atoms with Crippen molar-refractivity contribution in [3.8, 4) is 11.8 Å². The predicted molar refractivity (Wildman–Crippen MR) is 100 cm³/mol. The van der Waals surface area contributed by atoms with Crippen LogP contribution in [0.3, 0.4) is 0 Å². The monoisotopic (exact) mass is 349 g/mol. The lowest BCUT2D eigenvalue weighted by molar-refractivity contribution is 0.0606. The van der Waals surface area contributed by atoms with E-state index in [0.29, 0.717) is 31.7 Å². The van der Waals surface area contributed by atoms with Gasteiger partial charge in [-0.2, -0.15) is 5.26 Å². The molecule has 0 aliphatic carbocycles. The van der Waals surface area contributed by atoms with Gasteiger partial charge in [0.1, 0.15) is 11.8 Å². The zero-order valence-corrected chi connectivity index (χ0v) is 15.2. The second kappa shape index (κ2) is 8.03. The lowest BCUT2D eigenvalue weighted by Crippen LogP contribution is -2.49. The van der Waals surface area contributed by atoms with Crippen molar-refractivity contribution < 1.29 is 9.53 Å². The summed E-state index contributed by atoms with van der Waals surface area (Å²) in [6.07, 6.45) is 0. The molecule has 1 aliphatic rings. The van der Waals surface area contributed by atoms with E-state index in [9.17, 15) is 10.1 Å². The third-order valence-corrected chi connectivity index (χ3v) is 4.82. The van der Waals surface area contributed by atoms with Gasteiger partial charge in [-0.25, -0.2) is 0 Å². The van der Waals surface area contributed by atoms with Gasteiger partial charge in [0.2, 0.25) is 0 Å². The van der Waals surface area contributed by atoms with E-state index in [4.69, 9.17) is 4.74 Å². The smallest absolute Gasteiger partial charge is 0.253 e. The predicted octanol–water partition coefficient (Wildman–Crippen LogP) is 3.03. The number of methoxy groups -OCH3 is 1. The van der Waals surface area contributed by atoms with E-state index in [0.717, 1.165) is 11.3 Å². The number of benzene rings is 2. The van der Waals surface area contributed by atoms with Gasteiger partial charge in [-0.15, -0.1) is 0 Å². The number of nitriles is 1. The first-order valence-corrected chi connectivity index (χ1v) is 8.76. The van der Waals surface area contributed by atoms with Crippen LogP contribution in [0.2, 0.25) is 0 Å². The highest BCUT2D eigenvalue weighted by atomic mass is 16.5. The number of amides is 1. The fourth-order valence-electron chi connectivity index (χ4n) is 3.22. The molecule has 2 aromatic carbocycles. The fraction of sp³-hybridized carbons (Fsp3) is 0.333. The number of hydrogen-bond donors (Lipinski definition) is 0. The Morgan fingerprint density at radius 2 is 1.65 bits per heavy atom. The number of aryl methyl sites for hydroxylation is 1. The van der Waals surface area contributed by atoms with Crippen LogP contribution in [0, 0.1) is 18.3 Å². The summed E-state index contributed by atoms with van der Waals surface area (Å²) in [5.41, 5.74) is 2.85. The van der Waals surface area contributed by atoms with Gasteiger partial charge in [-0.1, -0.05) is 29.8 Å². The highest BCUT2D eigenvalue weighted by molar-refractivity contribution is 5.94. The van der Waals surface area contributed by atoms with E-state index in [-0.39, 0.29) is 11.9 Å². The van der Waals surface area contributed by atoms with Gasteiger partial charge in [0.05, 0.1) is 13.2 Å². The normalized spacial score (nSPS) is 16.0. The molecule has 5 heteroatoms. The highest BCUT2D eigenvalue weighted by Crippen LogP contribution is 2.23. The molecule has 0 radical (unpaired) electrons. The lowest BCUT2D eigenvalue weighted by atomic mass is 10.0. The largest absolute Gasteiger partial charge is 0.497 e. The maximum Gasteiger partial charge on any atom is 0.253 e. The van der Waals surface area contributed by atoms with Crippen molar-refractivity contribution in [2.45, 2.75) is 13.0 Å². The van der Waals surface area contributed by atoms with Crippen molar-refractivity contribution in [1.82, 2.24) is 9.80 Å². The minimum Gasteiger partial charge on any atom is -0.497 e. The Morgan fingerprint density at radius 1 is 1.04 bits per heavy atom. The second-order valence-corrected chi connectivity index (χ2v) is 6.50. The first-order chi connectivity index (χ1) is 12.6. The molecule has 3 rings (SSSR count). The van der Waals surface area contributed by atoms with Crippen LogP contribution < -0.4 is 4.74 Å². The topological polar surface area (TPSA) is 56.6 Å². The van der Waals surface area contributed by atoms with Crippen LogP contribution in [0.4, 0.5) is 0 Å². The molecule has 26 heavy (non-hydrogen) atoms. The fourth-order valence-corrected chi connectivity index (χ4v) is 3.22. The van der Waals surface area contributed by atoms with Gasteiger partial charge >= 0.3 is 0 Å². The summed E-state index contributed by atoms with van der Waals surface area (Å²) in [5, 5.41) is 9.62. The molecule has 134 valence electrons. The molecule has 2 aromatic rings.